The molecular formula is C8H20O6S2Si. The van der Waals surface area contributed by atoms with Crippen molar-refractivity contribution in [1.29, 1.82) is 0 Å². The molecule has 17 heavy (non-hydrogen) atoms. The van der Waals surface area contributed by atoms with Gasteiger partial charge in [0.1, 0.15) is 0 Å². The van der Waals surface area contributed by atoms with Gasteiger partial charge in [0.05, 0.1) is 0 Å². The molecular weight excluding hydrogens is 284 g/mol. The van der Waals surface area contributed by atoms with Gasteiger partial charge in [0.25, 0.3) is 20.2 Å². The third-order valence-corrected chi connectivity index (χ3v) is 9.04. The third-order valence-electron chi connectivity index (χ3n) is 2.56. The number of hydrogen-bond acceptors (Lipinski definition) is 5. The predicted octanol–water partition coefficient (Wildman–Crippen LogP) is 0.649. The largest absolute Gasteiger partial charge is 0.321 e. The molecule has 1 N–H and O–H groups in total. The molecule has 6 nitrogen and oxygen atoms in total. The SMILES string of the molecule is CCC(S(=O)(=O)O)S(=O)(=O)O[SiH2]C(C)(C)CC. The highest BCUT2D eigenvalue weighted by Crippen LogP contribution is 2.28. The van der Waals surface area contributed by atoms with Crippen LogP contribution in [0.25, 0.3) is 0 Å². The van der Waals surface area contributed by atoms with Crippen LogP contribution < -0.4 is 0 Å². The Bertz CT molecular complexity index is 439. The van der Waals surface area contributed by atoms with Crippen LogP contribution in [-0.4, -0.2) is 35.7 Å². The lowest BCUT2D eigenvalue weighted by atomic mass is 10.1. The summed E-state index contributed by atoms with van der Waals surface area (Å²) in [6.07, 6.45) is 0.513. The molecule has 0 aliphatic heterocycles. The van der Waals surface area contributed by atoms with Crippen molar-refractivity contribution in [1.82, 2.24) is 0 Å². The van der Waals surface area contributed by atoms with Gasteiger partial charge in [-0.2, -0.15) is 16.8 Å². The van der Waals surface area contributed by atoms with Gasteiger partial charge in [0.2, 0.25) is 4.58 Å². The molecule has 0 bridgehead atoms. The Hall–Kier alpha value is 0.0369. The lowest BCUT2D eigenvalue weighted by Crippen LogP contribution is -2.33. The van der Waals surface area contributed by atoms with Crippen molar-refractivity contribution in [2.75, 3.05) is 0 Å². The van der Waals surface area contributed by atoms with Crippen molar-refractivity contribution in [3.63, 3.8) is 0 Å². The molecule has 0 aliphatic carbocycles. The predicted molar refractivity (Wildman–Crippen MR) is 68.5 cm³/mol. The third kappa shape index (κ3) is 5.47. The van der Waals surface area contributed by atoms with Gasteiger partial charge in [-0.15, -0.1) is 0 Å². The Morgan fingerprint density at radius 1 is 1.24 bits per heavy atom. The number of hydrogen-bond donors (Lipinski definition) is 1. The molecule has 0 saturated heterocycles. The second-order valence-corrected chi connectivity index (χ2v) is 11.2. The first kappa shape index (κ1) is 17.0. The Morgan fingerprint density at radius 3 is 2.00 bits per heavy atom. The van der Waals surface area contributed by atoms with Crippen LogP contribution in [0.2, 0.25) is 5.04 Å². The van der Waals surface area contributed by atoms with Crippen molar-refractivity contribution in [3.05, 3.63) is 0 Å². The Labute approximate surface area is 106 Å². The zero-order valence-electron chi connectivity index (χ0n) is 10.5. The maximum absolute atomic E-state index is 11.6. The second kappa shape index (κ2) is 5.78. The average molecular weight is 304 g/mol. The first-order valence-corrected chi connectivity index (χ1v) is 9.56. The molecule has 0 amide bonds. The highest BCUT2D eigenvalue weighted by atomic mass is 32.3. The summed E-state index contributed by atoms with van der Waals surface area (Å²) in [5, 5.41) is -0.232. The highest BCUT2D eigenvalue weighted by molar-refractivity contribution is 8.04. The summed E-state index contributed by atoms with van der Waals surface area (Å²) in [5.74, 6) is 0. The molecule has 0 aromatic heterocycles. The maximum atomic E-state index is 11.6. The van der Waals surface area contributed by atoms with Gasteiger partial charge < -0.3 is 3.87 Å². The first-order chi connectivity index (χ1) is 7.46. The number of rotatable bonds is 7. The molecule has 0 saturated carbocycles. The molecule has 1 unspecified atom stereocenters. The molecule has 0 radical (unpaired) electrons. The maximum Gasteiger partial charge on any atom is 0.284 e. The van der Waals surface area contributed by atoms with E-state index in [1.165, 1.54) is 6.92 Å². The minimum Gasteiger partial charge on any atom is -0.321 e. The van der Waals surface area contributed by atoms with E-state index in [1.54, 1.807) is 0 Å². The lowest BCUT2D eigenvalue weighted by molar-refractivity contribution is 0.450. The lowest BCUT2D eigenvalue weighted by Gasteiger charge is -2.22. The smallest absolute Gasteiger partial charge is 0.284 e. The normalized spacial score (nSPS) is 16.5. The molecule has 0 heterocycles. The van der Waals surface area contributed by atoms with E-state index in [4.69, 9.17) is 8.42 Å². The molecule has 1 atom stereocenters. The molecule has 0 aliphatic rings. The van der Waals surface area contributed by atoms with Crippen LogP contribution in [0.3, 0.4) is 0 Å². The molecule has 0 aromatic rings. The average Bonchev–Trinajstić information content (AvgIpc) is 2.13. The van der Waals surface area contributed by atoms with Gasteiger partial charge in [-0.3, -0.25) is 4.55 Å². The van der Waals surface area contributed by atoms with Crippen LogP contribution in [0.5, 0.6) is 0 Å². The molecule has 0 rings (SSSR count). The fourth-order valence-corrected chi connectivity index (χ4v) is 6.25. The van der Waals surface area contributed by atoms with Crippen LogP contribution in [0.1, 0.15) is 40.5 Å². The van der Waals surface area contributed by atoms with Crippen LogP contribution in [0.15, 0.2) is 0 Å². The monoisotopic (exact) mass is 304 g/mol. The van der Waals surface area contributed by atoms with E-state index in [-0.39, 0.29) is 11.5 Å². The van der Waals surface area contributed by atoms with Crippen molar-refractivity contribution in [2.24, 2.45) is 0 Å². The second-order valence-electron chi connectivity index (χ2n) is 4.63. The Morgan fingerprint density at radius 2 is 1.71 bits per heavy atom. The van der Waals surface area contributed by atoms with E-state index < -0.39 is 34.6 Å². The van der Waals surface area contributed by atoms with Crippen LogP contribution in [0, 0.1) is 0 Å². The molecule has 9 heteroatoms. The van der Waals surface area contributed by atoms with Gasteiger partial charge in [-0.25, -0.2) is 0 Å². The first-order valence-electron chi connectivity index (χ1n) is 5.31. The van der Waals surface area contributed by atoms with Gasteiger partial charge in [0.15, 0.2) is 9.76 Å². The fraction of sp³-hybridized carbons (Fsp3) is 1.00. The summed E-state index contributed by atoms with van der Waals surface area (Å²) in [4.78, 5) is 0. The summed E-state index contributed by atoms with van der Waals surface area (Å²) in [5.41, 5.74) is 0. The van der Waals surface area contributed by atoms with Gasteiger partial charge in [-0.05, 0) is 11.5 Å². The Balaban J connectivity index is 4.92. The summed E-state index contributed by atoms with van der Waals surface area (Å²) in [6, 6.07) is 0. The van der Waals surface area contributed by atoms with Gasteiger partial charge in [0, 0.05) is 0 Å². The van der Waals surface area contributed by atoms with Gasteiger partial charge in [-0.1, -0.05) is 34.1 Å². The zero-order chi connectivity index (χ0) is 13.9. The van der Waals surface area contributed by atoms with Crippen molar-refractivity contribution in [2.45, 2.75) is 50.2 Å². The van der Waals surface area contributed by atoms with Crippen LogP contribution in [-0.2, 0) is 24.1 Å². The molecule has 0 spiro atoms. The van der Waals surface area contributed by atoms with Crippen molar-refractivity contribution in [3.8, 4) is 0 Å². The molecule has 0 aromatic carbocycles. The van der Waals surface area contributed by atoms with Crippen LogP contribution in [0.4, 0.5) is 0 Å². The highest BCUT2D eigenvalue weighted by Gasteiger charge is 2.37. The topological polar surface area (TPSA) is 97.7 Å². The van der Waals surface area contributed by atoms with E-state index >= 15 is 0 Å². The fourth-order valence-electron chi connectivity index (χ4n) is 0.983. The zero-order valence-corrected chi connectivity index (χ0v) is 13.6. The van der Waals surface area contributed by atoms with E-state index in [0.29, 0.717) is 0 Å². The Kier molecular flexibility index (Phi) is 5.80. The van der Waals surface area contributed by atoms with E-state index in [1.807, 2.05) is 20.8 Å². The van der Waals surface area contributed by atoms with E-state index in [0.717, 1.165) is 6.42 Å². The minimum atomic E-state index is -4.64. The summed E-state index contributed by atoms with van der Waals surface area (Å²) in [6.45, 7) is 7.00. The van der Waals surface area contributed by atoms with Crippen molar-refractivity contribution < 1.29 is 25.3 Å². The summed E-state index contributed by atoms with van der Waals surface area (Å²) in [7, 11) is -10.3. The van der Waals surface area contributed by atoms with Crippen LogP contribution >= 0.6 is 0 Å². The molecule has 0 fully saturated rings. The summed E-state index contributed by atoms with van der Waals surface area (Å²) < 4.78 is 56.9. The van der Waals surface area contributed by atoms with Gasteiger partial charge >= 0.3 is 0 Å². The van der Waals surface area contributed by atoms with E-state index in [2.05, 4.69) is 0 Å². The minimum absolute atomic E-state index is 0.232. The molecule has 104 valence electrons. The van der Waals surface area contributed by atoms with E-state index in [9.17, 15) is 16.8 Å². The summed E-state index contributed by atoms with van der Waals surface area (Å²) >= 11 is 0. The standard InChI is InChI=1S/C8H20O6S2Si/c1-5-7(15(9,10)11)16(12,13)14-17-8(3,4)6-2/h7H,5-6,17H2,1-4H3,(H,9,10,11). The van der Waals surface area contributed by atoms with Crippen molar-refractivity contribution >= 4 is 30.0 Å². The quantitative estimate of drug-likeness (QED) is 0.548.